The van der Waals surface area contributed by atoms with Gasteiger partial charge in [0.25, 0.3) is 0 Å². The first-order chi connectivity index (χ1) is 8.58. The standard InChI is InChI=1S/C11H7BrFN3O2/c12-6-1-2-8(13)9(3-6)16-10-7(11(17)18)4-14-5-15-10/h1-5H,(H,17,18)(H,14,15,16). The summed E-state index contributed by atoms with van der Waals surface area (Å²) in [6, 6.07) is 4.29. The Labute approximate surface area is 110 Å². The summed E-state index contributed by atoms with van der Waals surface area (Å²) < 4.78 is 14.2. The predicted molar refractivity (Wildman–Crippen MR) is 66.4 cm³/mol. The predicted octanol–water partition coefficient (Wildman–Crippen LogP) is 2.82. The quantitative estimate of drug-likeness (QED) is 0.911. The second-order valence-electron chi connectivity index (χ2n) is 3.34. The molecule has 92 valence electrons. The highest BCUT2D eigenvalue weighted by atomic mass is 79.9. The van der Waals surface area contributed by atoms with E-state index < -0.39 is 11.8 Å². The van der Waals surface area contributed by atoms with Crippen LogP contribution in [0.3, 0.4) is 0 Å². The molecule has 5 nitrogen and oxygen atoms in total. The molecule has 0 atom stereocenters. The van der Waals surface area contributed by atoms with Gasteiger partial charge in [-0.1, -0.05) is 15.9 Å². The molecule has 18 heavy (non-hydrogen) atoms. The van der Waals surface area contributed by atoms with Gasteiger partial charge >= 0.3 is 5.97 Å². The number of nitrogens with one attached hydrogen (secondary N) is 1. The first-order valence-corrected chi connectivity index (χ1v) is 5.62. The van der Waals surface area contributed by atoms with Crippen LogP contribution in [0.2, 0.25) is 0 Å². The molecule has 0 bridgehead atoms. The fourth-order valence-corrected chi connectivity index (χ4v) is 1.67. The minimum atomic E-state index is -1.19. The van der Waals surface area contributed by atoms with Gasteiger partial charge in [0.15, 0.2) is 0 Å². The number of hydrogen-bond acceptors (Lipinski definition) is 4. The maximum atomic E-state index is 13.5. The van der Waals surface area contributed by atoms with Gasteiger partial charge in [-0.2, -0.15) is 0 Å². The van der Waals surface area contributed by atoms with Crippen LogP contribution in [0.5, 0.6) is 0 Å². The molecule has 0 aliphatic heterocycles. The van der Waals surface area contributed by atoms with Crippen LogP contribution in [-0.2, 0) is 0 Å². The highest BCUT2D eigenvalue weighted by Gasteiger charge is 2.13. The zero-order chi connectivity index (χ0) is 13.1. The summed E-state index contributed by atoms with van der Waals surface area (Å²) in [4.78, 5) is 18.3. The zero-order valence-corrected chi connectivity index (χ0v) is 10.5. The number of aromatic nitrogens is 2. The van der Waals surface area contributed by atoms with Crippen LogP contribution in [0.15, 0.2) is 35.2 Å². The van der Waals surface area contributed by atoms with Gasteiger partial charge in [0.05, 0.1) is 5.69 Å². The fraction of sp³-hybridized carbons (Fsp3) is 0. The second-order valence-corrected chi connectivity index (χ2v) is 4.26. The van der Waals surface area contributed by atoms with Crippen LogP contribution < -0.4 is 5.32 Å². The number of rotatable bonds is 3. The van der Waals surface area contributed by atoms with E-state index in [0.29, 0.717) is 4.47 Å². The van der Waals surface area contributed by atoms with E-state index in [2.05, 4.69) is 31.2 Å². The Hall–Kier alpha value is -2.02. The number of carbonyl (C=O) groups is 1. The minimum Gasteiger partial charge on any atom is -0.477 e. The number of anilines is 2. The van der Waals surface area contributed by atoms with Gasteiger partial charge in [0, 0.05) is 10.7 Å². The van der Waals surface area contributed by atoms with Crippen molar-refractivity contribution in [2.45, 2.75) is 0 Å². The van der Waals surface area contributed by atoms with Gasteiger partial charge in [0.1, 0.15) is 23.5 Å². The third kappa shape index (κ3) is 2.62. The lowest BCUT2D eigenvalue weighted by Gasteiger charge is -2.08. The first kappa shape index (κ1) is 12.4. The molecule has 0 saturated heterocycles. The van der Waals surface area contributed by atoms with Crippen molar-refractivity contribution in [2.75, 3.05) is 5.32 Å². The Morgan fingerprint density at radius 3 is 2.94 bits per heavy atom. The highest BCUT2D eigenvalue weighted by Crippen LogP contribution is 2.24. The molecule has 2 rings (SSSR count). The minimum absolute atomic E-state index is 0.0366. The van der Waals surface area contributed by atoms with Gasteiger partial charge < -0.3 is 10.4 Å². The van der Waals surface area contributed by atoms with Crippen LogP contribution in [0.1, 0.15) is 10.4 Å². The maximum Gasteiger partial charge on any atom is 0.341 e. The van der Waals surface area contributed by atoms with Crippen molar-refractivity contribution in [3.63, 3.8) is 0 Å². The Morgan fingerprint density at radius 2 is 2.22 bits per heavy atom. The van der Waals surface area contributed by atoms with E-state index in [0.717, 1.165) is 6.20 Å². The number of halogens is 2. The van der Waals surface area contributed by atoms with Gasteiger partial charge in [-0.05, 0) is 18.2 Å². The zero-order valence-electron chi connectivity index (χ0n) is 8.89. The monoisotopic (exact) mass is 311 g/mol. The summed E-state index contributed by atoms with van der Waals surface area (Å²) >= 11 is 3.20. The smallest absolute Gasteiger partial charge is 0.341 e. The summed E-state index contributed by atoms with van der Waals surface area (Å²) in [5.41, 5.74) is 0.00227. The van der Waals surface area contributed by atoms with E-state index in [-0.39, 0.29) is 17.1 Å². The summed E-state index contributed by atoms with van der Waals surface area (Å²) in [7, 11) is 0. The van der Waals surface area contributed by atoms with E-state index in [1.807, 2.05) is 0 Å². The van der Waals surface area contributed by atoms with Crippen molar-refractivity contribution in [3.8, 4) is 0 Å². The molecule has 0 saturated carbocycles. The van der Waals surface area contributed by atoms with Crippen molar-refractivity contribution in [3.05, 3.63) is 46.6 Å². The fourth-order valence-electron chi connectivity index (χ4n) is 1.31. The van der Waals surface area contributed by atoms with Crippen LogP contribution in [0, 0.1) is 5.82 Å². The van der Waals surface area contributed by atoms with Crippen LogP contribution >= 0.6 is 15.9 Å². The van der Waals surface area contributed by atoms with Gasteiger partial charge in [-0.15, -0.1) is 0 Å². The van der Waals surface area contributed by atoms with E-state index >= 15 is 0 Å². The molecule has 0 amide bonds. The number of carboxylic acids is 1. The molecule has 0 spiro atoms. The first-order valence-electron chi connectivity index (χ1n) is 4.83. The molecule has 1 aromatic carbocycles. The molecule has 1 aromatic heterocycles. The molecule has 1 heterocycles. The van der Waals surface area contributed by atoms with Crippen molar-refractivity contribution in [2.24, 2.45) is 0 Å². The second kappa shape index (κ2) is 5.09. The van der Waals surface area contributed by atoms with Crippen LogP contribution in [-0.4, -0.2) is 21.0 Å². The molecule has 0 radical (unpaired) electrons. The van der Waals surface area contributed by atoms with E-state index in [1.165, 1.54) is 18.5 Å². The molecule has 2 aromatic rings. The Kier molecular flexibility index (Phi) is 3.52. The molecular formula is C11H7BrFN3O2. The summed E-state index contributed by atoms with van der Waals surface area (Å²) in [5.74, 6) is -1.66. The number of carboxylic acid groups (broad SMARTS) is 1. The Balaban J connectivity index is 2.40. The van der Waals surface area contributed by atoms with Crippen LogP contribution in [0.4, 0.5) is 15.9 Å². The number of benzene rings is 1. The van der Waals surface area contributed by atoms with Gasteiger partial charge in [-0.3, -0.25) is 0 Å². The maximum absolute atomic E-state index is 13.5. The number of aromatic carboxylic acids is 1. The normalized spacial score (nSPS) is 10.1. The van der Waals surface area contributed by atoms with Gasteiger partial charge in [-0.25, -0.2) is 19.2 Å². The van der Waals surface area contributed by atoms with Crippen molar-refractivity contribution < 1.29 is 14.3 Å². The van der Waals surface area contributed by atoms with E-state index in [1.54, 1.807) is 6.07 Å². The SMILES string of the molecule is O=C(O)c1cncnc1Nc1cc(Br)ccc1F. The van der Waals surface area contributed by atoms with Crippen molar-refractivity contribution in [1.82, 2.24) is 9.97 Å². The average molecular weight is 312 g/mol. The summed E-state index contributed by atoms with van der Waals surface area (Å²) in [5, 5.41) is 11.6. The van der Waals surface area contributed by atoms with Crippen LogP contribution in [0.25, 0.3) is 0 Å². The molecule has 2 N–H and O–H groups in total. The van der Waals surface area contributed by atoms with Crippen molar-refractivity contribution >= 4 is 33.4 Å². The van der Waals surface area contributed by atoms with Gasteiger partial charge in [0.2, 0.25) is 0 Å². The average Bonchev–Trinajstić information content (AvgIpc) is 2.34. The molecule has 0 fully saturated rings. The molecule has 0 aliphatic rings. The van der Waals surface area contributed by atoms with Crippen molar-refractivity contribution in [1.29, 1.82) is 0 Å². The summed E-state index contributed by atoms with van der Waals surface area (Å²) in [6.07, 6.45) is 2.33. The molecule has 0 aliphatic carbocycles. The Bertz CT molecular complexity index is 607. The largest absolute Gasteiger partial charge is 0.477 e. The molecule has 0 unspecified atom stereocenters. The number of hydrogen-bond donors (Lipinski definition) is 2. The summed E-state index contributed by atoms with van der Waals surface area (Å²) in [6.45, 7) is 0. The Morgan fingerprint density at radius 1 is 1.44 bits per heavy atom. The van der Waals surface area contributed by atoms with E-state index in [4.69, 9.17) is 5.11 Å². The highest BCUT2D eigenvalue weighted by molar-refractivity contribution is 9.10. The van der Waals surface area contributed by atoms with E-state index in [9.17, 15) is 9.18 Å². The topological polar surface area (TPSA) is 75.1 Å². The lowest BCUT2D eigenvalue weighted by molar-refractivity contribution is 0.0697. The lowest BCUT2D eigenvalue weighted by atomic mass is 10.2. The third-order valence-corrected chi connectivity index (χ3v) is 2.62. The third-order valence-electron chi connectivity index (χ3n) is 2.12. The number of nitrogens with zero attached hydrogens (tertiary/aromatic N) is 2. The molecule has 7 heteroatoms. The molecular weight excluding hydrogens is 305 g/mol. The lowest BCUT2D eigenvalue weighted by Crippen LogP contribution is -2.06.